The fraction of sp³-hybridized carbons (Fsp3) is 0.562. The Morgan fingerprint density at radius 1 is 1.53 bits per heavy atom. The monoisotopic (exact) mass is 261 g/mol. The number of nitriles is 1. The Morgan fingerprint density at radius 3 is 2.68 bits per heavy atom. The smallest absolute Gasteiger partial charge is 0.126 e. The molecular formula is C16H20FNO. The summed E-state index contributed by atoms with van der Waals surface area (Å²) in [5, 5.41) is 20.4. The Balaban J connectivity index is 2.46. The van der Waals surface area contributed by atoms with E-state index in [0.29, 0.717) is 29.9 Å². The van der Waals surface area contributed by atoms with Crippen LogP contribution >= 0.6 is 0 Å². The molecule has 1 aliphatic carbocycles. The average molecular weight is 261 g/mol. The predicted molar refractivity (Wildman–Crippen MR) is 71.8 cm³/mol. The Morgan fingerprint density at radius 2 is 2.21 bits per heavy atom. The van der Waals surface area contributed by atoms with Gasteiger partial charge in [0.2, 0.25) is 0 Å². The van der Waals surface area contributed by atoms with E-state index in [1.54, 1.807) is 26.0 Å². The van der Waals surface area contributed by atoms with Crippen molar-refractivity contribution < 1.29 is 9.50 Å². The highest BCUT2D eigenvalue weighted by atomic mass is 19.1. The third-order valence-corrected chi connectivity index (χ3v) is 4.64. The minimum absolute atomic E-state index is 0.336. The molecule has 1 aromatic rings. The van der Waals surface area contributed by atoms with Crippen LogP contribution in [0.15, 0.2) is 18.2 Å². The largest absolute Gasteiger partial charge is 0.384 e. The zero-order chi connectivity index (χ0) is 14.3. The maximum atomic E-state index is 13.7. The Hall–Kier alpha value is -1.40. The van der Waals surface area contributed by atoms with Gasteiger partial charge in [0, 0.05) is 0 Å². The lowest BCUT2D eigenvalue weighted by atomic mass is 9.68. The van der Waals surface area contributed by atoms with Crippen LogP contribution in [0.2, 0.25) is 0 Å². The maximum Gasteiger partial charge on any atom is 0.126 e. The van der Waals surface area contributed by atoms with Gasteiger partial charge in [-0.3, -0.25) is 0 Å². The van der Waals surface area contributed by atoms with Crippen LogP contribution in [-0.2, 0) is 5.60 Å². The van der Waals surface area contributed by atoms with Crippen molar-refractivity contribution in [1.29, 1.82) is 5.26 Å². The number of benzene rings is 1. The number of halogens is 1. The first-order chi connectivity index (χ1) is 8.82. The molecule has 0 aromatic heterocycles. The number of hydrogen-bond donors (Lipinski definition) is 1. The molecule has 0 saturated heterocycles. The summed E-state index contributed by atoms with van der Waals surface area (Å²) in [6, 6.07) is 7.04. The topological polar surface area (TPSA) is 44.0 Å². The van der Waals surface area contributed by atoms with Gasteiger partial charge in [-0.25, -0.2) is 4.39 Å². The van der Waals surface area contributed by atoms with Crippen LogP contribution in [0, 0.1) is 35.4 Å². The third-order valence-electron chi connectivity index (χ3n) is 4.64. The zero-order valence-electron chi connectivity index (χ0n) is 11.7. The van der Waals surface area contributed by atoms with Crippen LogP contribution in [0.5, 0.6) is 0 Å². The molecule has 1 aromatic carbocycles. The van der Waals surface area contributed by atoms with Gasteiger partial charge in [-0.05, 0) is 56.2 Å². The molecule has 2 rings (SSSR count). The van der Waals surface area contributed by atoms with Crippen molar-refractivity contribution in [2.24, 2.45) is 11.3 Å². The normalized spacial score (nSPS) is 29.8. The minimum Gasteiger partial charge on any atom is -0.384 e. The van der Waals surface area contributed by atoms with E-state index in [0.717, 1.165) is 6.42 Å². The predicted octanol–water partition coefficient (Wildman–Crippen LogP) is 3.67. The van der Waals surface area contributed by atoms with Gasteiger partial charge >= 0.3 is 0 Å². The summed E-state index contributed by atoms with van der Waals surface area (Å²) in [6.07, 6.45) is 2.25. The van der Waals surface area contributed by atoms with Gasteiger partial charge in [-0.1, -0.05) is 19.1 Å². The highest BCUT2D eigenvalue weighted by Crippen LogP contribution is 2.52. The van der Waals surface area contributed by atoms with Crippen LogP contribution in [0.3, 0.4) is 0 Å². The van der Waals surface area contributed by atoms with Crippen molar-refractivity contribution in [3.8, 4) is 6.07 Å². The minimum atomic E-state index is -1.32. The Bertz CT molecular complexity index is 532. The van der Waals surface area contributed by atoms with E-state index in [-0.39, 0.29) is 5.82 Å². The van der Waals surface area contributed by atoms with Gasteiger partial charge in [0.15, 0.2) is 0 Å². The molecule has 0 radical (unpaired) electrons. The zero-order valence-corrected chi connectivity index (χ0v) is 11.7. The summed E-state index contributed by atoms with van der Waals surface area (Å²) in [7, 11) is 0. The molecule has 3 unspecified atom stereocenters. The molecule has 0 heterocycles. The molecule has 1 saturated carbocycles. The first kappa shape index (κ1) is 14.0. The molecule has 0 aliphatic heterocycles. The first-order valence-corrected chi connectivity index (χ1v) is 6.73. The molecule has 3 atom stereocenters. The van der Waals surface area contributed by atoms with E-state index >= 15 is 0 Å². The lowest BCUT2D eigenvalue weighted by Crippen LogP contribution is -2.41. The van der Waals surface area contributed by atoms with Crippen LogP contribution in [0.1, 0.15) is 44.2 Å². The standard InChI is InChI=1S/C16H20FNO/c1-11-6-7-16(9-11,10-18)15(3,19)13-5-4-12(2)14(17)8-13/h4-5,8,11,19H,6-7,9H2,1-3H3. The fourth-order valence-electron chi connectivity index (χ4n) is 3.12. The van der Waals surface area contributed by atoms with Crippen molar-refractivity contribution in [2.75, 3.05) is 0 Å². The summed E-state index contributed by atoms with van der Waals surface area (Å²) < 4.78 is 13.7. The molecule has 102 valence electrons. The summed E-state index contributed by atoms with van der Waals surface area (Å²) in [5.74, 6) is 0.0818. The maximum absolute atomic E-state index is 13.7. The molecule has 0 bridgehead atoms. The Kier molecular flexibility index (Phi) is 3.40. The molecule has 2 nitrogen and oxygen atoms in total. The molecule has 1 fully saturated rings. The third kappa shape index (κ3) is 2.15. The van der Waals surface area contributed by atoms with Gasteiger partial charge in [-0.2, -0.15) is 5.26 Å². The quantitative estimate of drug-likeness (QED) is 0.882. The summed E-state index contributed by atoms with van der Waals surface area (Å²) in [4.78, 5) is 0. The molecular weight excluding hydrogens is 241 g/mol. The van der Waals surface area contributed by atoms with E-state index in [1.165, 1.54) is 6.07 Å². The van der Waals surface area contributed by atoms with Crippen molar-refractivity contribution in [3.05, 3.63) is 35.1 Å². The number of nitrogens with zero attached hydrogens (tertiary/aromatic N) is 1. The van der Waals surface area contributed by atoms with Gasteiger partial charge in [0.1, 0.15) is 11.4 Å². The highest BCUT2D eigenvalue weighted by Gasteiger charge is 2.52. The van der Waals surface area contributed by atoms with Crippen molar-refractivity contribution in [1.82, 2.24) is 0 Å². The van der Waals surface area contributed by atoms with Crippen molar-refractivity contribution in [3.63, 3.8) is 0 Å². The molecule has 19 heavy (non-hydrogen) atoms. The van der Waals surface area contributed by atoms with Crippen LogP contribution in [0.4, 0.5) is 4.39 Å². The van der Waals surface area contributed by atoms with Crippen LogP contribution < -0.4 is 0 Å². The lowest BCUT2D eigenvalue weighted by Gasteiger charge is -2.38. The van der Waals surface area contributed by atoms with E-state index in [2.05, 4.69) is 13.0 Å². The second-order valence-corrected chi connectivity index (χ2v) is 6.08. The number of aryl methyl sites for hydroxylation is 1. The van der Waals surface area contributed by atoms with Gasteiger partial charge in [-0.15, -0.1) is 0 Å². The van der Waals surface area contributed by atoms with Crippen LogP contribution in [-0.4, -0.2) is 5.11 Å². The molecule has 3 heteroatoms. The lowest BCUT2D eigenvalue weighted by molar-refractivity contribution is -0.0440. The molecule has 1 aliphatic rings. The number of hydrogen-bond acceptors (Lipinski definition) is 2. The van der Waals surface area contributed by atoms with Crippen molar-refractivity contribution >= 4 is 0 Å². The van der Waals surface area contributed by atoms with E-state index in [1.807, 2.05) is 0 Å². The average Bonchev–Trinajstić information content (AvgIpc) is 2.76. The van der Waals surface area contributed by atoms with Gasteiger partial charge in [0.25, 0.3) is 0 Å². The molecule has 0 spiro atoms. The Labute approximate surface area is 113 Å². The molecule has 0 amide bonds. The number of rotatable bonds is 2. The van der Waals surface area contributed by atoms with E-state index in [4.69, 9.17) is 0 Å². The first-order valence-electron chi connectivity index (χ1n) is 6.73. The van der Waals surface area contributed by atoms with E-state index < -0.39 is 11.0 Å². The van der Waals surface area contributed by atoms with Gasteiger partial charge < -0.3 is 5.11 Å². The van der Waals surface area contributed by atoms with Crippen LogP contribution in [0.25, 0.3) is 0 Å². The van der Waals surface area contributed by atoms with Crippen molar-refractivity contribution in [2.45, 2.75) is 45.6 Å². The van der Waals surface area contributed by atoms with Gasteiger partial charge in [0.05, 0.1) is 11.5 Å². The number of aliphatic hydroxyl groups is 1. The fourth-order valence-corrected chi connectivity index (χ4v) is 3.12. The SMILES string of the molecule is Cc1ccc(C(C)(O)C2(C#N)CCC(C)C2)cc1F. The second-order valence-electron chi connectivity index (χ2n) is 6.08. The highest BCUT2D eigenvalue weighted by molar-refractivity contribution is 5.32. The summed E-state index contributed by atoms with van der Waals surface area (Å²) >= 11 is 0. The van der Waals surface area contributed by atoms with E-state index in [9.17, 15) is 14.8 Å². The second kappa shape index (κ2) is 4.61. The summed E-state index contributed by atoms with van der Waals surface area (Å²) in [5.41, 5.74) is -1.09. The molecule has 1 N–H and O–H groups in total. The summed E-state index contributed by atoms with van der Waals surface area (Å²) in [6.45, 7) is 5.41.